The molecule has 0 unspecified atom stereocenters. The van der Waals surface area contributed by atoms with Crippen molar-refractivity contribution in [2.24, 2.45) is 0 Å². The summed E-state index contributed by atoms with van der Waals surface area (Å²) in [7, 11) is 0. The Morgan fingerprint density at radius 2 is 2.42 bits per heavy atom. The van der Waals surface area contributed by atoms with Crippen molar-refractivity contribution in [1.29, 1.82) is 0 Å². The van der Waals surface area contributed by atoms with Gasteiger partial charge in [0.25, 0.3) is 0 Å². The summed E-state index contributed by atoms with van der Waals surface area (Å²) in [6.45, 7) is 0. The van der Waals surface area contributed by atoms with Crippen molar-refractivity contribution in [3.8, 4) is 11.6 Å². The van der Waals surface area contributed by atoms with Gasteiger partial charge in [0.15, 0.2) is 11.6 Å². The highest BCUT2D eigenvalue weighted by atomic mass is 79.9. The second-order valence-electron chi connectivity index (χ2n) is 2.03. The molecule has 0 radical (unpaired) electrons. The van der Waals surface area contributed by atoms with E-state index in [9.17, 15) is 0 Å². The van der Waals surface area contributed by atoms with Gasteiger partial charge in [-0.2, -0.15) is 0 Å². The van der Waals surface area contributed by atoms with E-state index in [-0.39, 0.29) is 12.3 Å². The van der Waals surface area contributed by atoms with E-state index < -0.39 is 0 Å². The predicted molar refractivity (Wildman–Crippen MR) is 47.3 cm³/mol. The van der Waals surface area contributed by atoms with Gasteiger partial charge in [-0.15, -0.1) is 0 Å². The van der Waals surface area contributed by atoms with Crippen LogP contribution in [0.25, 0.3) is 11.6 Å². The summed E-state index contributed by atoms with van der Waals surface area (Å²) in [5.41, 5.74) is 0. The van der Waals surface area contributed by atoms with E-state index >= 15 is 0 Å². The van der Waals surface area contributed by atoms with Crippen molar-refractivity contribution in [3.63, 3.8) is 0 Å². The Hall–Kier alpha value is -1.23. The van der Waals surface area contributed by atoms with Crippen LogP contribution in [0.15, 0.2) is 29.2 Å². The van der Waals surface area contributed by atoms with Gasteiger partial charge in [-0.3, -0.25) is 0 Å². The van der Waals surface area contributed by atoms with E-state index in [4.69, 9.17) is 2.74 Å². The van der Waals surface area contributed by atoms with Gasteiger partial charge in [0.1, 0.15) is 4.60 Å². The molecule has 0 amide bonds. The molecular formula is C7H5BrN4. The Balaban J connectivity index is 2.49. The molecule has 0 aromatic carbocycles. The van der Waals surface area contributed by atoms with Crippen LogP contribution in [-0.4, -0.2) is 19.9 Å². The number of nitrogens with one attached hydrogen (secondary N) is 1. The van der Waals surface area contributed by atoms with Gasteiger partial charge in [-0.05, 0) is 22.0 Å². The molecule has 12 heavy (non-hydrogen) atoms. The quantitative estimate of drug-likeness (QED) is 0.753. The first-order valence-corrected chi connectivity index (χ1v) is 3.98. The van der Waals surface area contributed by atoms with Crippen molar-refractivity contribution in [2.75, 3.05) is 0 Å². The molecule has 1 N–H and O–H groups in total. The van der Waals surface area contributed by atoms with Crippen LogP contribution in [0, 0.1) is 0 Å². The third kappa shape index (κ3) is 1.35. The monoisotopic (exact) mass is 226 g/mol. The average molecular weight is 227 g/mol. The highest BCUT2D eigenvalue weighted by molar-refractivity contribution is 9.10. The van der Waals surface area contributed by atoms with Crippen molar-refractivity contribution in [3.05, 3.63) is 29.2 Å². The Bertz CT molecular complexity index is 451. The smallest absolute Gasteiger partial charge is 0.196 e. The largest absolute Gasteiger partial charge is 0.342 e. The molecule has 0 saturated heterocycles. The second-order valence-corrected chi connectivity index (χ2v) is 2.84. The average Bonchev–Trinajstić information content (AvgIpc) is 2.47. The van der Waals surface area contributed by atoms with E-state index in [1.807, 2.05) is 0 Å². The standard InChI is InChI=1S/C7H5BrN4/c8-5-1-2-9-7(12-5)6-10-3-4-11-6/h1-4H,(H,10,11)/i3D,4D. The maximum atomic E-state index is 7.27. The minimum absolute atomic E-state index is 0.0384. The number of H-pyrrole nitrogens is 1. The van der Waals surface area contributed by atoms with Gasteiger partial charge in [0.05, 0.1) is 2.74 Å². The number of imidazole rings is 1. The molecule has 2 rings (SSSR count). The van der Waals surface area contributed by atoms with Gasteiger partial charge in [0.2, 0.25) is 0 Å². The number of aromatic amines is 1. The molecule has 2 aromatic heterocycles. The van der Waals surface area contributed by atoms with Crippen LogP contribution < -0.4 is 0 Å². The molecule has 60 valence electrons. The number of hydrogen-bond donors (Lipinski definition) is 1. The van der Waals surface area contributed by atoms with Crippen molar-refractivity contribution in [2.45, 2.75) is 0 Å². The van der Waals surface area contributed by atoms with Gasteiger partial charge in [-0.25, -0.2) is 15.0 Å². The summed E-state index contributed by atoms with van der Waals surface area (Å²) < 4.78 is 15.2. The minimum Gasteiger partial charge on any atom is -0.342 e. The summed E-state index contributed by atoms with van der Waals surface area (Å²) in [4.78, 5) is 14.4. The summed E-state index contributed by atoms with van der Waals surface area (Å²) in [6.07, 6.45) is 1.43. The van der Waals surface area contributed by atoms with E-state index in [1.54, 1.807) is 12.3 Å². The number of rotatable bonds is 1. The fourth-order valence-corrected chi connectivity index (χ4v) is 1.04. The predicted octanol–water partition coefficient (Wildman–Crippen LogP) is 1.63. The molecule has 0 spiro atoms. The molecule has 5 heteroatoms. The topological polar surface area (TPSA) is 54.5 Å². The van der Waals surface area contributed by atoms with E-state index in [2.05, 4.69) is 35.9 Å². The van der Waals surface area contributed by atoms with E-state index in [0.717, 1.165) is 0 Å². The first-order chi connectivity index (χ1) is 6.66. The van der Waals surface area contributed by atoms with Crippen LogP contribution in [0.4, 0.5) is 0 Å². The summed E-state index contributed by atoms with van der Waals surface area (Å²) >= 11 is 3.20. The van der Waals surface area contributed by atoms with E-state index in [1.165, 1.54) is 0 Å². The minimum atomic E-state index is -0.108. The highest BCUT2D eigenvalue weighted by Crippen LogP contribution is 2.10. The van der Waals surface area contributed by atoms with Crippen molar-refractivity contribution < 1.29 is 2.74 Å². The lowest BCUT2D eigenvalue weighted by atomic mass is 10.5. The molecule has 4 nitrogen and oxygen atoms in total. The number of hydrogen-bond acceptors (Lipinski definition) is 3. The lowest BCUT2D eigenvalue weighted by molar-refractivity contribution is 1.10. The second kappa shape index (κ2) is 3.02. The normalized spacial score (nSPS) is 12.4. The van der Waals surface area contributed by atoms with Crippen LogP contribution in [0.3, 0.4) is 0 Å². The zero-order valence-electron chi connectivity index (χ0n) is 7.87. The Labute approximate surface area is 80.0 Å². The fourth-order valence-electron chi connectivity index (χ4n) is 0.756. The molecule has 2 heterocycles. The maximum absolute atomic E-state index is 7.27. The molecule has 0 atom stereocenters. The Morgan fingerprint density at radius 3 is 3.08 bits per heavy atom. The summed E-state index contributed by atoms with van der Waals surface area (Å²) in [5, 5.41) is 0. The zero-order chi connectivity index (χ0) is 10.1. The molecule has 0 aliphatic carbocycles. The first kappa shape index (κ1) is 5.42. The third-order valence-electron chi connectivity index (χ3n) is 1.24. The SMILES string of the molecule is [2H]c1nc(-c2nccc(Br)n2)[nH]c1[2H]. The lowest BCUT2D eigenvalue weighted by Gasteiger charge is -1.93. The molecule has 0 aliphatic heterocycles. The molecule has 2 aromatic rings. The maximum Gasteiger partial charge on any atom is 0.196 e. The summed E-state index contributed by atoms with van der Waals surface area (Å²) in [5.74, 6) is 0.702. The van der Waals surface area contributed by atoms with Crippen molar-refractivity contribution >= 4 is 15.9 Å². The van der Waals surface area contributed by atoms with Gasteiger partial charge in [0, 0.05) is 18.5 Å². The fraction of sp³-hybridized carbons (Fsp3) is 0. The Morgan fingerprint density at radius 1 is 1.50 bits per heavy atom. The number of nitrogens with zero attached hydrogens (tertiary/aromatic N) is 3. The molecular weight excluding hydrogens is 220 g/mol. The van der Waals surface area contributed by atoms with E-state index in [0.29, 0.717) is 16.3 Å². The zero-order valence-corrected chi connectivity index (χ0v) is 7.46. The molecule has 0 saturated carbocycles. The lowest BCUT2D eigenvalue weighted by Crippen LogP contribution is -1.89. The van der Waals surface area contributed by atoms with Crippen LogP contribution in [0.5, 0.6) is 0 Å². The van der Waals surface area contributed by atoms with Crippen molar-refractivity contribution in [1.82, 2.24) is 19.9 Å². The molecule has 0 aliphatic rings. The highest BCUT2D eigenvalue weighted by Gasteiger charge is 2.01. The Kier molecular flexibility index (Phi) is 1.37. The van der Waals surface area contributed by atoms with Crippen LogP contribution in [0.2, 0.25) is 0 Å². The van der Waals surface area contributed by atoms with Gasteiger partial charge in [-0.1, -0.05) is 0 Å². The summed E-state index contributed by atoms with van der Waals surface area (Å²) in [6, 6.07) is 1.69. The van der Waals surface area contributed by atoms with Crippen LogP contribution >= 0.6 is 15.9 Å². The van der Waals surface area contributed by atoms with Gasteiger partial charge < -0.3 is 4.98 Å². The number of halogens is 1. The molecule has 0 bridgehead atoms. The third-order valence-corrected chi connectivity index (χ3v) is 1.68. The van der Waals surface area contributed by atoms with Crippen LogP contribution in [-0.2, 0) is 0 Å². The number of aromatic nitrogens is 4. The van der Waals surface area contributed by atoms with Crippen LogP contribution in [0.1, 0.15) is 2.74 Å². The molecule has 0 fully saturated rings. The van der Waals surface area contributed by atoms with Gasteiger partial charge >= 0.3 is 0 Å². The first-order valence-electron chi connectivity index (χ1n) is 4.19.